The third-order valence-electron chi connectivity index (χ3n) is 5.70. The zero-order valence-electron chi connectivity index (χ0n) is 12.0. The molecule has 1 aromatic rings. The van der Waals surface area contributed by atoms with Gasteiger partial charge < -0.3 is 4.74 Å². The van der Waals surface area contributed by atoms with E-state index in [-0.39, 0.29) is 6.04 Å². The van der Waals surface area contributed by atoms with Gasteiger partial charge >= 0.3 is 0 Å². The lowest BCUT2D eigenvalue weighted by molar-refractivity contribution is 0.236. The summed E-state index contributed by atoms with van der Waals surface area (Å²) in [7, 11) is 0. The molecule has 0 aromatic heterocycles. The maximum atomic E-state index is 5.98. The summed E-state index contributed by atoms with van der Waals surface area (Å²) in [5.41, 5.74) is 5.77. The number of hydrazine groups is 1. The van der Waals surface area contributed by atoms with Gasteiger partial charge in [-0.05, 0) is 55.4 Å². The smallest absolute Gasteiger partial charge is 0.127 e. The van der Waals surface area contributed by atoms with Crippen molar-refractivity contribution in [1.82, 2.24) is 5.43 Å². The van der Waals surface area contributed by atoms with Crippen molar-refractivity contribution >= 4 is 0 Å². The second-order valence-electron chi connectivity index (χ2n) is 6.77. The summed E-state index contributed by atoms with van der Waals surface area (Å²) in [5, 5.41) is 0. The molecule has 1 aromatic carbocycles. The average Bonchev–Trinajstić information content (AvgIpc) is 3.11. The molecule has 3 aliphatic rings. The van der Waals surface area contributed by atoms with Crippen LogP contribution in [0.4, 0.5) is 0 Å². The van der Waals surface area contributed by atoms with Crippen molar-refractivity contribution < 1.29 is 4.74 Å². The topological polar surface area (TPSA) is 47.3 Å². The third-order valence-corrected chi connectivity index (χ3v) is 5.70. The van der Waals surface area contributed by atoms with E-state index in [1.165, 1.54) is 36.8 Å². The molecule has 0 saturated heterocycles. The molecule has 1 aliphatic heterocycles. The second-order valence-corrected chi connectivity index (χ2v) is 6.77. The van der Waals surface area contributed by atoms with Gasteiger partial charge in [0.15, 0.2) is 0 Å². The molecule has 4 atom stereocenters. The molecule has 2 aliphatic carbocycles. The average molecular weight is 272 g/mol. The molecule has 0 spiro atoms. The van der Waals surface area contributed by atoms with E-state index in [4.69, 9.17) is 10.6 Å². The monoisotopic (exact) mass is 272 g/mol. The van der Waals surface area contributed by atoms with Crippen molar-refractivity contribution in [2.45, 2.75) is 44.6 Å². The molecule has 108 valence electrons. The number of para-hydroxylation sites is 1. The fourth-order valence-corrected chi connectivity index (χ4v) is 4.81. The number of hydrogen-bond acceptors (Lipinski definition) is 3. The minimum Gasteiger partial charge on any atom is -0.493 e. The summed E-state index contributed by atoms with van der Waals surface area (Å²) >= 11 is 0. The van der Waals surface area contributed by atoms with Gasteiger partial charge in [-0.2, -0.15) is 0 Å². The Bertz CT molecular complexity index is 502. The lowest BCUT2D eigenvalue weighted by atomic mass is 9.80. The maximum Gasteiger partial charge on any atom is 0.127 e. The lowest BCUT2D eigenvalue weighted by Gasteiger charge is -2.32. The van der Waals surface area contributed by atoms with E-state index in [9.17, 15) is 0 Å². The fraction of sp³-hybridized carbons (Fsp3) is 0.647. The van der Waals surface area contributed by atoms with Crippen molar-refractivity contribution in [2.75, 3.05) is 6.61 Å². The Balaban J connectivity index is 1.68. The van der Waals surface area contributed by atoms with E-state index in [0.717, 1.165) is 37.0 Å². The van der Waals surface area contributed by atoms with Gasteiger partial charge in [0.05, 0.1) is 12.6 Å². The van der Waals surface area contributed by atoms with E-state index >= 15 is 0 Å². The zero-order valence-corrected chi connectivity index (χ0v) is 12.0. The number of ether oxygens (including phenoxy) is 1. The van der Waals surface area contributed by atoms with Gasteiger partial charge in [-0.15, -0.1) is 0 Å². The predicted molar refractivity (Wildman–Crippen MR) is 79.3 cm³/mol. The molecule has 3 nitrogen and oxygen atoms in total. The largest absolute Gasteiger partial charge is 0.493 e. The van der Waals surface area contributed by atoms with E-state index < -0.39 is 0 Å². The molecule has 0 amide bonds. The molecular formula is C17H24N2O. The van der Waals surface area contributed by atoms with Crippen LogP contribution in [0.1, 0.15) is 49.3 Å². The van der Waals surface area contributed by atoms with Crippen LogP contribution in [0.15, 0.2) is 18.2 Å². The first-order valence-corrected chi connectivity index (χ1v) is 8.07. The molecule has 2 saturated carbocycles. The first-order valence-electron chi connectivity index (χ1n) is 8.07. The van der Waals surface area contributed by atoms with Gasteiger partial charge in [-0.25, -0.2) is 0 Å². The molecule has 2 bridgehead atoms. The van der Waals surface area contributed by atoms with Gasteiger partial charge in [0.1, 0.15) is 5.75 Å². The van der Waals surface area contributed by atoms with E-state index in [2.05, 4.69) is 23.6 Å². The highest BCUT2D eigenvalue weighted by atomic mass is 16.5. The van der Waals surface area contributed by atoms with Crippen LogP contribution in [-0.2, 0) is 6.42 Å². The zero-order chi connectivity index (χ0) is 13.5. The van der Waals surface area contributed by atoms with Gasteiger partial charge in [0.2, 0.25) is 0 Å². The Hall–Kier alpha value is -1.06. The predicted octanol–water partition coefficient (Wildman–Crippen LogP) is 2.95. The summed E-state index contributed by atoms with van der Waals surface area (Å²) in [6.07, 6.45) is 7.84. The number of rotatable bonds is 3. The summed E-state index contributed by atoms with van der Waals surface area (Å²) in [6.45, 7) is 0.845. The van der Waals surface area contributed by atoms with E-state index in [1.807, 2.05) is 0 Å². The fourth-order valence-electron chi connectivity index (χ4n) is 4.81. The molecule has 0 radical (unpaired) electrons. The minimum atomic E-state index is 0.262. The van der Waals surface area contributed by atoms with Gasteiger partial charge in [-0.3, -0.25) is 11.3 Å². The summed E-state index contributed by atoms with van der Waals surface area (Å²) in [6, 6.07) is 6.84. The van der Waals surface area contributed by atoms with Crippen LogP contribution < -0.4 is 16.0 Å². The van der Waals surface area contributed by atoms with Gasteiger partial charge in [0, 0.05) is 5.56 Å². The Labute approximate surface area is 120 Å². The highest BCUT2D eigenvalue weighted by Gasteiger charge is 2.44. The number of nitrogens with one attached hydrogen (secondary N) is 1. The van der Waals surface area contributed by atoms with Gasteiger partial charge in [-0.1, -0.05) is 24.6 Å². The Kier molecular flexibility index (Phi) is 3.20. The molecule has 4 unspecified atom stereocenters. The maximum absolute atomic E-state index is 5.98. The first kappa shape index (κ1) is 12.7. The Morgan fingerprint density at radius 3 is 2.95 bits per heavy atom. The normalized spacial score (nSPS) is 32.8. The molecule has 2 fully saturated rings. The number of nitrogens with two attached hydrogens (primary N) is 1. The van der Waals surface area contributed by atoms with Crippen molar-refractivity contribution in [3.05, 3.63) is 29.3 Å². The van der Waals surface area contributed by atoms with Crippen molar-refractivity contribution in [3.8, 4) is 5.75 Å². The van der Waals surface area contributed by atoms with Crippen LogP contribution in [0.25, 0.3) is 0 Å². The standard InChI is InChI=1S/C17H24N2O/c18-19-16(15-10-11-6-7-13(15)9-11)14-5-1-3-12-4-2-8-20-17(12)14/h1,3,5,11,13,15-16,19H,2,4,6-10,18H2. The van der Waals surface area contributed by atoms with Crippen LogP contribution in [0.5, 0.6) is 5.75 Å². The van der Waals surface area contributed by atoms with Crippen LogP contribution in [-0.4, -0.2) is 6.61 Å². The molecule has 3 N–H and O–H groups in total. The van der Waals surface area contributed by atoms with Crippen molar-refractivity contribution in [3.63, 3.8) is 0 Å². The number of fused-ring (bicyclic) bond motifs is 3. The first-order chi connectivity index (χ1) is 9.86. The molecular weight excluding hydrogens is 248 g/mol. The molecule has 1 heterocycles. The number of hydrogen-bond donors (Lipinski definition) is 2. The SMILES string of the molecule is NNC(c1cccc2c1OCCC2)C1CC2CCC1C2. The molecule has 3 heteroatoms. The van der Waals surface area contributed by atoms with E-state index in [1.54, 1.807) is 0 Å². The Morgan fingerprint density at radius 1 is 1.25 bits per heavy atom. The molecule has 4 rings (SSSR count). The van der Waals surface area contributed by atoms with Crippen molar-refractivity contribution in [1.29, 1.82) is 0 Å². The van der Waals surface area contributed by atoms with E-state index in [0.29, 0.717) is 5.92 Å². The highest BCUT2D eigenvalue weighted by Crippen LogP contribution is 2.53. The Morgan fingerprint density at radius 2 is 2.20 bits per heavy atom. The van der Waals surface area contributed by atoms with Crippen LogP contribution in [0.2, 0.25) is 0 Å². The summed E-state index contributed by atoms with van der Waals surface area (Å²) in [5.74, 6) is 9.56. The van der Waals surface area contributed by atoms with Crippen LogP contribution in [0, 0.1) is 17.8 Å². The lowest BCUT2D eigenvalue weighted by Crippen LogP contribution is -2.36. The van der Waals surface area contributed by atoms with Crippen molar-refractivity contribution in [2.24, 2.45) is 23.6 Å². The quantitative estimate of drug-likeness (QED) is 0.657. The van der Waals surface area contributed by atoms with Gasteiger partial charge in [0.25, 0.3) is 0 Å². The molecule has 20 heavy (non-hydrogen) atoms. The second kappa shape index (κ2) is 5.05. The number of benzene rings is 1. The summed E-state index contributed by atoms with van der Waals surface area (Å²) < 4.78 is 5.98. The number of aryl methyl sites for hydroxylation is 1. The summed E-state index contributed by atoms with van der Waals surface area (Å²) in [4.78, 5) is 0. The highest BCUT2D eigenvalue weighted by molar-refractivity contribution is 5.45. The third kappa shape index (κ3) is 1.95. The van der Waals surface area contributed by atoms with Crippen LogP contribution >= 0.6 is 0 Å². The van der Waals surface area contributed by atoms with Crippen LogP contribution in [0.3, 0.4) is 0 Å². The minimum absolute atomic E-state index is 0.262.